The standard InChI is InChI=1S/C11H13ClN4/c1-16-11(4-5-15-16)14-7-8-2-3-9(12)10(13)6-8/h2-6,14H,7,13H2,1H3. The van der Waals surface area contributed by atoms with Gasteiger partial charge in [-0.2, -0.15) is 5.10 Å². The van der Waals surface area contributed by atoms with Crippen molar-refractivity contribution in [3.05, 3.63) is 41.0 Å². The minimum absolute atomic E-state index is 0.587. The summed E-state index contributed by atoms with van der Waals surface area (Å²) in [6.07, 6.45) is 1.75. The molecule has 0 saturated heterocycles. The van der Waals surface area contributed by atoms with Crippen LogP contribution in [-0.2, 0) is 13.6 Å². The molecule has 0 bridgehead atoms. The van der Waals surface area contributed by atoms with Crippen LogP contribution in [0.25, 0.3) is 0 Å². The van der Waals surface area contributed by atoms with E-state index < -0.39 is 0 Å². The van der Waals surface area contributed by atoms with Crippen LogP contribution in [-0.4, -0.2) is 9.78 Å². The van der Waals surface area contributed by atoms with Gasteiger partial charge < -0.3 is 11.1 Å². The first-order valence-corrected chi connectivity index (χ1v) is 5.30. The summed E-state index contributed by atoms with van der Waals surface area (Å²) in [5.41, 5.74) is 7.41. The van der Waals surface area contributed by atoms with Crippen LogP contribution in [0, 0.1) is 0 Å². The van der Waals surface area contributed by atoms with Crippen molar-refractivity contribution in [3.63, 3.8) is 0 Å². The van der Waals surface area contributed by atoms with Crippen LogP contribution in [0.15, 0.2) is 30.5 Å². The van der Waals surface area contributed by atoms with Crippen molar-refractivity contribution in [3.8, 4) is 0 Å². The Hall–Kier alpha value is -1.68. The van der Waals surface area contributed by atoms with Crippen molar-refractivity contribution in [1.29, 1.82) is 0 Å². The molecule has 0 atom stereocenters. The fourth-order valence-electron chi connectivity index (χ4n) is 1.44. The van der Waals surface area contributed by atoms with E-state index in [1.165, 1.54) is 0 Å². The van der Waals surface area contributed by atoms with E-state index in [9.17, 15) is 0 Å². The normalized spacial score (nSPS) is 10.4. The summed E-state index contributed by atoms with van der Waals surface area (Å²) in [4.78, 5) is 0. The molecule has 0 aliphatic carbocycles. The Kier molecular flexibility index (Phi) is 3.01. The second kappa shape index (κ2) is 4.45. The molecule has 0 radical (unpaired) electrons. The molecule has 0 fully saturated rings. The number of aryl methyl sites for hydroxylation is 1. The number of nitrogens with one attached hydrogen (secondary N) is 1. The van der Waals surface area contributed by atoms with Gasteiger partial charge >= 0.3 is 0 Å². The van der Waals surface area contributed by atoms with Crippen LogP contribution >= 0.6 is 11.6 Å². The zero-order valence-corrected chi connectivity index (χ0v) is 9.70. The van der Waals surface area contributed by atoms with Gasteiger partial charge in [0, 0.05) is 19.7 Å². The second-order valence-electron chi connectivity index (χ2n) is 3.55. The van der Waals surface area contributed by atoms with Gasteiger partial charge in [-0.05, 0) is 17.7 Å². The lowest BCUT2D eigenvalue weighted by atomic mass is 10.2. The third-order valence-electron chi connectivity index (χ3n) is 2.35. The SMILES string of the molecule is Cn1nccc1NCc1ccc(Cl)c(N)c1. The Labute approximate surface area is 99.0 Å². The highest BCUT2D eigenvalue weighted by Crippen LogP contribution is 2.20. The van der Waals surface area contributed by atoms with Gasteiger partial charge in [0.15, 0.2) is 0 Å². The summed E-state index contributed by atoms with van der Waals surface area (Å²) >= 11 is 5.85. The van der Waals surface area contributed by atoms with Gasteiger partial charge in [0.25, 0.3) is 0 Å². The van der Waals surface area contributed by atoms with Gasteiger partial charge in [-0.15, -0.1) is 0 Å². The predicted molar refractivity (Wildman–Crippen MR) is 66.4 cm³/mol. The summed E-state index contributed by atoms with van der Waals surface area (Å²) in [6.45, 7) is 0.695. The molecule has 4 nitrogen and oxygen atoms in total. The highest BCUT2D eigenvalue weighted by molar-refractivity contribution is 6.33. The van der Waals surface area contributed by atoms with Crippen molar-refractivity contribution in [2.75, 3.05) is 11.1 Å². The van der Waals surface area contributed by atoms with E-state index >= 15 is 0 Å². The molecular weight excluding hydrogens is 224 g/mol. The van der Waals surface area contributed by atoms with Crippen molar-refractivity contribution < 1.29 is 0 Å². The largest absolute Gasteiger partial charge is 0.398 e. The van der Waals surface area contributed by atoms with Crippen LogP contribution in [0.4, 0.5) is 11.5 Å². The molecule has 2 rings (SSSR count). The van der Waals surface area contributed by atoms with Crippen LogP contribution in [0.3, 0.4) is 0 Å². The number of aromatic nitrogens is 2. The smallest absolute Gasteiger partial charge is 0.124 e. The first-order valence-electron chi connectivity index (χ1n) is 4.92. The van der Waals surface area contributed by atoms with E-state index in [4.69, 9.17) is 17.3 Å². The maximum atomic E-state index is 5.85. The number of hydrogen-bond acceptors (Lipinski definition) is 3. The number of anilines is 2. The van der Waals surface area contributed by atoms with E-state index in [1.54, 1.807) is 16.9 Å². The third kappa shape index (κ3) is 2.28. The van der Waals surface area contributed by atoms with E-state index in [0.29, 0.717) is 17.3 Å². The minimum atomic E-state index is 0.587. The number of rotatable bonds is 3. The van der Waals surface area contributed by atoms with Crippen LogP contribution in [0.1, 0.15) is 5.56 Å². The van der Waals surface area contributed by atoms with E-state index in [2.05, 4.69) is 10.4 Å². The number of hydrogen-bond donors (Lipinski definition) is 2. The Morgan fingerprint density at radius 2 is 2.25 bits per heavy atom. The van der Waals surface area contributed by atoms with Crippen molar-refractivity contribution in [2.45, 2.75) is 6.54 Å². The molecule has 0 spiro atoms. The molecule has 3 N–H and O–H groups in total. The molecule has 0 unspecified atom stereocenters. The maximum Gasteiger partial charge on any atom is 0.124 e. The lowest BCUT2D eigenvalue weighted by Gasteiger charge is -2.07. The minimum Gasteiger partial charge on any atom is -0.398 e. The molecule has 2 aromatic rings. The third-order valence-corrected chi connectivity index (χ3v) is 2.70. The van der Waals surface area contributed by atoms with Gasteiger partial charge in [0.1, 0.15) is 5.82 Å². The van der Waals surface area contributed by atoms with Gasteiger partial charge in [0.05, 0.1) is 16.9 Å². The Bertz CT molecular complexity index is 492. The predicted octanol–water partition coefficient (Wildman–Crippen LogP) is 2.27. The molecule has 1 aromatic heterocycles. The summed E-state index contributed by atoms with van der Waals surface area (Å²) in [5, 5.41) is 7.91. The number of halogens is 1. The van der Waals surface area contributed by atoms with Crippen molar-refractivity contribution in [1.82, 2.24) is 9.78 Å². The molecular formula is C11H13ClN4. The maximum absolute atomic E-state index is 5.85. The fourth-order valence-corrected chi connectivity index (χ4v) is 1.56. The van der Waals surface area contributed by atoms with Gasteiger partial charge in [0.2, 0.25) is 0 Å². The fraction of sp³-hybridized carbons (Fsp3) is 0.182. The average Bonchev–Trinajstić information content (AvgIpc) is 2.66. The molecule has 16 heavy (non-hydrogen) atoms. The Balaban J connectivity index is 2.05. The zero-order chi connectivity index (χ0) is 11.5. The van der Waals surface area contributed by atoms with E-state index in [-0.39, 0.29) is 0 Å². The number of benzene rings is 1. The molecule has 0 aliphatic rings. The molecule has 1 heterocycles. The molecule has 0 amide bonds. The Morgan fingerprint density at radius 1 is 1.44 bits per heavy atom. The number of nitrogens with zero attached hydrogens (tertiary/aromatic N) is 2. The zero-order valence-electron chi connectivity index (χ0n) is 8.94. The summed E-state index contributed by atoms with van der Waals surface area (Å²) in [6, 6.07) is 7.53. The number of nitrogen functional groups attached to an aromatic ring is 1. The summed E-state index contributed by atoms with van der Waals surface area (Å²) in [7, 11) is 1.89. The quantitative estimate of drug-likeness (QED) is 0.804. The molecule has 84 valence electrons. The first-order chi connectivity index (χ1) is 7.66. The van der Waals surface area contributed by atoms with E-state index in [0.717, 1.165) is 11.4 Å². The molecule has 1 aromatic carbocycles. The van der Waals surface area contributed by atoms with Gasteiger partial charge in [-0.25, -0.2) is 0 Å². The average molecular weight is 237 g/mol. The highest BCUT2D eigenvalue weighted by atomic mass is 35.5. The van der Waals surface area contributed by atoms with Crippen LogP contribution in [0.5, 0.6) is 0 Å². The van der Waals surface area contributed by atoms with Crippen LogP contribution < -0.4 is 11.1 Å². The second-order valence-corrected chi connectivity index (χ2v) is 3.96. The molecule has 5 heteroatoms. The lowest BCUT2D eigenvalue weighted by Crippen LogP contribution is -2.04. The van der Waals surface area contributed by atoms with Crippen molar-refractivity contribution >= 4 is 23.1 Å². The van der Waals surface area contributed by atoms with Gasteiger partial charge in [-0.1, -0.05) is 17.7 Å². The van der Waals surface area contributed by atoms with E-state index in [1.807, 2.05) is 25.2 Å². The highest BCUT2D eigenvalue weighted by Gasteiger charge is 2.00. The Morgan fingerprint density at radius 3 is 2.88 bits per heavy atom. The van der Waals surface area contributed by atoms with Crippen molar-refractivity contribution in [2.24, 2.45) is 7.05 Å². The first kappa shape index (κ1) is 10.8. The summed E-state index contributed by atoms with van der Waals surface area (Å²) in [5.74, 6) is 0.966. The number of nitrogens with two attached hydrogens (primary N) is 1. The summed E-state index contributed by atoms with van der Waals surface area (Å²) < 4.78 is 1.78. The monoisotopic (exact) mass is 236 g/mol. The van der Waals surface area contributed by atoms with Crippen LogP contribution in [0.2, 0.25) is 5.02 Å². The van der Waals surface area contributed by atoms with Gasteiger partial charge in [-0.3, -0.25) is 4.68 Å². The molecule has 0 aliphatic heterocycles. The molecule has 0 saturated carbocycles. The lowest BCUT2D eigenvalue weighted by molar-refractivity contribution is 0.769. The topological polar surface area (TPSA) is 55.9 Å².